The van der Waals surface area contributed by atoms with E-state index in [0.29, 0.717) is 13.2 Å². The van der Waals surface area contributed by atoms with Crippen molar-refractivity contribution >= 4 is 5.97 Å². The first-order valence-electron chi connectivity index (χ1n) is 6.47. The number of methoxy groups -OCH3 is 2. The smallest absolute Gasteiger partial charge is 0.323 e. The van der Waals surface area contributed by atoms with E-state index < -0.39 is 0 Å². The van der Waals surface area contributed by atoms with Crippen molar-refractivity contribution in [3.8, 4) is 0 Å². The Balaban J connectivity index is 2.71. The lowest BCUT2D eigenvalue weighted by molar-refractivity contribution is -0.144. The summed E-state index contributed by atoms with van der Waals surface area (Å²) in [6.45, 7) is 5.19. The molecule has 0 aromatic heterocycles. The lowest BCUT2D eigenvalue weighted by Gasteiger charge is -2.20. The zero-order valence-corrected chi connectivity index (χ0v) is 12.1. The number of carbonyl (C=O) groups excluding carboxylic acids is 1. The van der Waals surface area contributed by atoms with E-state index in [1.807, 2.05) is 38.1 Å². The lowest BCUT2D eigenvalue weighted by Crippen LogP contribution is -2.41. The molecule has 0 aliphatic rings. The van der Waals surface area contributed by atoms with Crippen LogP contribution < -0.4 is 5.32 Å². The van der Waals surface area contributed by atoms with Gasteiger partial charge in [-0.05, 0) is 17.0 Å². The van der Waals surface area contributed by atoms with Crippen LogP contribution in [0, 0.1) is 5.92 Å². The van der Waals surface area contributed by atoms with Crippen molar-refractivity contribution in [1.29, 1.82) is 0 Å². The van der Waals surface area contributed by atoms with Crippen LogP contribution in [0.2, 0.25) is 0 Å². The van der Waals surface area contributed by atoms with E-state index in [9.17, 15) is 4.79 Å². The molecule has 0 fully saturated rings. The maximum absolute atomic E-state index is 11.7. The van der Waals surface area contributed by atoms with Crippen LogP contribution in [-0.4, -0.2) is 26.2 Å². The van der Waals surface area contributed by atoms with Crippen molar-refractivity contribution in [2.45, 2.75) is 33.0 Å². The Bertz CT molecular complexity index is 404. The second-order valence-corrected chi connectivity index (χ2v) is 4.83. The molecule has 0 aliphatic heterocycles. The van der Waals surface area contributed by atoms with Crippen LogP contribution in [0.3, 0.4) is 0 Å². The SMILES string of the molecule is COCc1ccccc1CNC(C(=O)OC)C(C)C. The van der Waals surface area contributed by atoms with Gasteiger partial charge in [-0.25, -0.2) is 0 Å². The number of ether oxygens (including phenoxy) is 2. The van der Waals surface area contributed by atoms with E-state index in [4.69, 9.17) is 9.47 Å². The van der Waals surface area contributed by atoms with Crippen molar-refractivity contribution in [3.63, 3.8) is 0 Å². The molecule has 0 spiro atoms. The van der Waals surface area contributed by atoms with Crippen molar-refractivity contribution in [2.75, 3.05) is 14.2 Å². The molecule has 1 aromatic carbocycles. The first kappa shape index (κ1) is 15.7. The fourth-order valence-corrected chi connectivity index (χ4v) is 1.96. The van der Waals surface area contributed by atoms with Crippen LogP contribution in [0.5, 0.6) is 0 Å². The van der Waals surface area contributed by atoms with Gasteiger partial charge in [-0.2, -0.15) is 0 Å². The number of hydrogen-bond donors (Lipinski definition) is 1. The second kappa shape index (κ2) is 7.92. The van der Waals surface area contributed by atoms with E-state index in [0.717, 1.165) is 11.1 Å². The Morgan fingerprint density at radius 3 is 2.37 bits per heavy atom. The highest BCUT2D eigenvalue weighted by molar-refractivity contribution is 5.75. The van der Waals surface area contributed by atoms with E-state index >= 15 is 0 Å². The van der Waals surface area contributed by atoms with Gasteiger partial charge in [0.2, 0.25) is 0 Å². The molecular formula is C15H23NO3. The Labute approximate surface area is 115 Å². The molecule has 1 atom stereocenters. The fourth-order valence-electron chi connectivity index (χ4n) is 1.96. The normalized spacial score (nSPS) is 12.5. The lowest BCUT2D eigenvalue weighted by atomic mass is 10.0. The second-order valence-electron chi connectivity index (χ2n) is 4.83. The van der Waals surface area contributed by atoms with E-state index in [1.165, 1.54) is 7.11 Å². The van der Waals surface area contributed by atoms with Gasteiger partial charge in [-0.15, -0.1) is 0 Å². The van der Waals surface area contributed by atoms with Crippen LogP contribution in [0.1, 0.15) is 25.0 Å². The molecule has 0 bridgehead atoms. The first-order chi connectivity index (χ1) is 9.10. The third-order valence-electron chi connectivity index (χ3n) is 3.05. The molecular weight excluding hydrogens is 242 g/mol. The zero-order valence-electron chi connectivity index (χ0n) is 12.1. The predicted octanol–water partition coefficient (Wildman–Crippen LogP) is 2.12. The number of nitrogens with one attached hydrogen (secondary N) is 1. The Morgan fingerprint density at radius 2 is 1.84 bits per heavy atom. The minimum absolute atomic E-state index is 0.182. The highest BCUT2D eigenvalue weighted by Gasteiger charge is 2.22. The first-order valence-corrected chi connectivity index (χ1v) is 6.47. The summed E-state index contributed by atoms with van der Waals surface area (Å²) in [4.78, 5) is 11.7. The van der Waals surface area contributed by atoms with Crippen molar-refractivity contribution in [2.24, 2.45) is 5.92 Å². The minimum Gasteiger partial charge on any atom is -0.468 e. The Hall–Kier alpha value is -1.39. The van der Waals surface area contributed by atoms with Crippen LogP contribution in [-0.2, 0) is 27.4 Å². The summed E-state index contributed by atoms with van der Waals surface area (Å²) in [5.41, 5.74) is 2.27. The highest BCUT2D eigenvalue weighted by Crippen LogP contribution is 2.11. The molecule has 0 aliphatic carbocycles. The number of benzene rings is 1. The number of rotatable bonds is 7. The van der Waals surface area contributed by atoms with Crippen LogP contribution >= 0.6 is 0 Å². The number of esters is 1. The van der Waals surface area contributed by atoms with E-state index in [1.54, 1.807) is 7.11 Å². The largest absolute Gasteiger partial charge is 0.468 e. The summed E-state index contributed by atoms with van der Waals surface area (Å²) in [5.74, 6) is -0.0405. The predicted molar refractivity (Wildman–Crippen MR) is 74.6 cm³/mol. The average molecular weight is 265 g/mol. The molecule has 0 amide bonds. The maximum Gasteiger partial charge on any atom is 0.323 e. The monoisotopic (exact) mass is 265 g/mol. The topological polar surface area (TPSA) is 47.6 Å². The average Bonchev–Trinajstić information content (AvgIpc) is 2.40. The number of hydrogen-bond acceptors (Lipinski definition) is 4. The third-order valence-corrected chi connectivity index (χ3v) is 3.05. The van der Waals surface area contributed by atoms with E-state index in [2.05, 4.69) is 5.32 Å². The van der Waals surface area contributed by atoms with Gasteiger partial charge in [0.25, 0.3) is 0 Å². The molecule has 19 heavy (non-hydrogen) atoms. The molecule has 0 saturated heterocycles. The molecule has 4 heteroatoms. The Kier molecular flexibility index (Phi) is 6.53. The van der Waals surface area contributed by atoms with Gasteiger partial charge < -0.3 is 14.8 Å². The summed E-state index contributed by atoms with van der Waals surface area (Å²) >= 11 is 0. The van der Waals surface area contributed by atoms with Gasteiger partial charge in [0.15, 0.2) is 0 Å². The van der Waals surface area contributed by atoms with Crippen molar-refractivity contribution < 1.29 is 14.3 Å². The fraction of sp³-hybridized carbons (Fsp3) is 0.533. The highest BCUT2D eigenvalue weighted by atomic mass is 16.5. The van der Waals surface area contributed by atoms with Gasteiger partial charge in [0, 0.05) is 13.7 Å². The summed E-state index contributed by atoms with van der Waals surface area (Å²) < 4.78 is 9.99. The van der Waals surface area contributed by atoms with Gasteiger partial charge in [0.1, 0.15) is 6.04 Å². The summed E-state index contributed by atoms with van der Waals surface area (Å²) in [7, 11) is 3.09. The molecule has 4 nitrogen and oxygen atoms in total. The van der Waals surface area contributed by atoms with Gasteiger partial charge >= 0.3 is 5.97 Å². The van der Waals surface area contributed by atoms with Crippen molar-refractivity contribution in [3.05, 3.63) is 35.4 Å². The summed E-state index contributed by atoms with van der Waals surface area (Å²) in [6.07, 6.45) is 0. The number of carbonyl (C=O) groups is 1. The molecule has 0 heterocycles. The third kappa shape index (κ3) is 4.65. The van der Waals surface area contributed by atoms with Crippen molar-refractivity contribution in [1.82, 2.24) is 5.32 Å². The standard InChI is InChI=1S/C15H23NO3/c1-11(2)14(15(17)19-4)16-9-12-7-5-6-8-13(12)10-18-3/h5-8,11,14,16H,9-10H2,1-4H3. The molecule has 1 unspecified atom stereocenters. The van der Waals surface area contributed by atoms with E-state index in [-0.39, 0.29) is 17.9 Å². The Morgan fingerprint density at radius 1 is 1.21 bits per heavy atom. The molecule has 106 valence electrons. The van der Waals surface area contributed by atoms with Crippen LogP contribution in [0.15, 0.2) is 24.3 Å². The molecule has 1 rings (SSSR count). The molecule has 1 aromatic rings. The van der Waals surface area contributed by atoms with Gasteiger partial charge in [0.05, 0.1) is 13.7 Å². The van der Waals surface area contributed by atoms with Crippen LogP contribution in [0.25, 0.3) is 0 Å². The molecule has 0 radical (unpaired) electrons. The minimum atomic E-state index is -0.291. The van der Waals surface area contributed by atoms with Gasteiger partial charge in [-0.3, -0.25) is 4.79 Å². The quantitative estimate of drug-likeness (QED) is 0.767. The van der Waals surface area contributed by atoms with Gasteiger partial charge in [-0.1, -0.05) is 38.1 Å². The molecule has 1 N–H and O–H groups in total. The summed E-state index contributed by atoms with van der Waals surface area (Å²) in [5, 5.41) is 3.25. The summed E-state index contributed by atoms with van der Waals surface area (Å²) in [6, 6.07) is 7.75. The molecule has 0 saturated carbocycles. The maximum atomic E-state index is 11.7. The zero-order chi connectivity index (χ0) is 14.3. The van der Waals surface area contributed by atoms with Crippen LogP contribution in [0.4, 0.5) is 0 Å².